The lowest BCUT2D eigenvalue weighted by atomic mass is 10.2. The van der Waals surface area contributed by atoms with Crippen LogP contribution in [0.15, 0.2) is 48.5 Å². The monoisotopic (exact) mass is 366 g/mol. The van der Waals surface area contributed by atoms with Gasteiger partial charge in [-0.05, 0) is 24.3 Å². The van der Waals surface area contributed by atoms with Crippen LogP contribution < -0.4 is 10.4 Å². The molecule has 2 aromatic rings. The van der Waals surface area contributed by atoms with Crippen LogP contribution in [0.2, 0.25) is 15.2 Å². The molecular weight excluding hydrogens is 343 g/mol. The van der Waals surface area contributed by atoms with Crippen molar-refractivity contribution in [3.63, 3.8) is 0 Å². The van der Waals surface area contributed by atoms with Crippen molar-refractivity contribution in [2.75, 3.05) is 0 Å². The zero-order chi connectivity index (χ0) is 15.8. The maximum atomic E-state index is 6.01. The Morgan fingerprint density at radius 3 is 1.64 bits per heavy atom. The average Bonchev–Trinajstić information content (AvgIpc) is 2.52. The van der Waals surface area contributed by atoms with Crippen LogP contribution in [0.3, 0.4) is 0 Å². The van der Waals surface area contributed by atoms with Gasteiger partial charge >= 0.3 is 0 Å². The molecule has 0 aliphatic carbocycles. The second kappa shape index (κ2) is 9.56. The summed E-state index contributed by atoms with van der Waals surface area (Å²) in [6, 6.07) is 17.1. The van der Waals surface area contributed by atoms with Gasteiger partial charge in [0.25, 0.3) is 0 Å². The van der Waals surface area contributed by atoms with Gasteiger partial charge in [-0.3, -0.25) is 0 Å². The van der Waals surface area contributed by atoms with E-state index < -0.39 is 0 Å². The van der Waals surface area contributed by atoms with E-state index in [1.807, 2.05) is 24.3 Å². The van der Waals surface area contributed by atoms with Crippen molar-refractivity contribution in [1.29, 1.82) is 0 Å². The van der Waals surface area contributed by atoms with E-state index in [2.05, 4.69) is 31.2 Å². The largest absolute Gasteiger partial charge is 0.0843 e. The van der Waals surface area contributed by atoms with Crippen molar-refractivity contribution >= 4 is 52.6 Å². The van der Waals surface area contributed by atoms with Crippen LogP contribution in [0.4, 0.5) is 0 Å². The van der Waals surface area contributed by atoms with Gasteiger partial charge in [-0.25, -0.2) is 0 Å². The second-order valence-electron chi connectivity index (χ2n) is 6.02. The predicted molar refractivity (Wildman–Crippen MR) is 107 cm³/mol. The molecule has 0 heterocycles. The topological polar surface area (TPSA) is 0 Å². The fourth-order valence-electron chi connectivity index (χ4n) is 2.87. The molecule has 0 unspecified atom stereocenters. The molecule has 0 aromatic heterocycles. The molecule has 0 saturated carbocycles. The number of rotatable bonds is 8. The van der Waals surface area contributed by atoms with E-state index in [0.717, 1.165) is 15.2 Å². The predicted octanol–water partition coefficient (Wildman–Crippen LogP) is 3.61. The van der Waals surface area contributed by atoms with Gasteiger partial charge in [0.1, 0.15) is 0 Å². The highest BCUT2D eigenvalue weighted by molar-refractivity contribution is 6.73. The third-order valence-electron chi connectivity index (χ3n) is 4.09. The molecule has 0 atom stereocenters. The van der Waals surface area contributed by atoms with Crippen molar-refractivity contribution in [3.05, 3.63) is 58.6 Å². The van der Waals surface area contributed by atoms with E-state index in [0.29, 0.717) is 0 Å². The standard InChI is InChI=1S/C18H24Cl2Si2/c1-2-3-4-5-18(21-16-10-6-14(19)7-11-16)22-17-12-8-15(20)9-13-17/h6-13,18H,2-5,21-22H2,1H3. The van der Waals surface area contributed by atoms with Gasteiger partial charge in [-0.15, -0.1) is 0 Å². The van der Waals surface area contributed by atoms with Crippen molar-refractivity contribution in [1.82, 2.24) is 0 Å². The highest BCUT2D eigenvalue weighted by Gasteiger charge is 2.12. The highest BCUT2D eigenvalue weighted by Crippen LogP contribution is 2.15. The molecule has 118 valence electrons. The summed E-state index contributed by atoms with van der Waals surface area (Å²) in [4.78, 5) is 0. The fourth-order valence-corrected chi connectivity index (χ4v) is 9.03. The average molecular weight is 367 g/mol. The third-order valence-corrected chi connectivity index (χ3v) is 10.2. The van der Waals surface area contributed by atoms with Crippen LogP contribution >= 0.6 is 23.2 Å². The Morgan fingerprint density at radius 2 is 1.23 bits per heavy atom. The van der Waals surface area contributed by atoms with E-state index in [-0.39, 0.29) is 19.0 Å². The minimum absolute atomic E-state index is 0.225. The van der Waals surface area contributed by atoms with Gasteiger partial charge in [0.15, 0.2) is 0 Å². The van der Waals surface area contributed by atoms with Crippen molar-refractivity contribution in [2.24, 2.45) is 0 Å². The number of hydrogen-bond donors (Lipinski definition) is 0. The van der Waals surface area contributed by atoms with E-state index >= 15 is 0 Å². The van der Waals surface area contributed by atoms with Crippen LogP contribution in [-0.4, -0.2) is 19.0 Å². The van der Waals surface area contributed by atoms with Crippen LogP contribution in [0, 0.1) is 0 Å². The maximum Gasteiger partial charge on any atom is 0.0550 e. The summed E-state index contributed by atoms with van der Waals surface area (Å²) in [5.41, 5.74) is 0. The van der Waals surface area contributed by atoms with Gasteiger partial charge in [-0.2, -0.15) is 0 Å². The van der Waals surface area contributed by atoms with Crippen LogP contribution in [0.5, 0.6) is 0 Å². The molecule has 0 nitrogen and oxygen atoms in total. The van der Waals surface area contributed by atoms with Gasteiger partial charge in [0, 0.05) is 10.0 Å². The van der Waals surface area contributed by atoms with E-state index in [4.69, 9.17) is 23.2 Å². The maximum absolute atomic E-state index is 6.01. The van der Waals surface area contributed by atoms with E-state index in [1.165, 1.54) is 25.7 Å². The smallest absolute Gasteiger partial charge is 0.0550 e. The summed E-state index contributed by atoms with van der Waals surface area (Å²) >= 11 is 12.0. The van der Waals surface area contributed by atoms with Gasteiger partial charge in [0.2, 0.25) is 0 Å². The fraction of sp³-hybridized carbons (Fsp3) is 0.333. The van der Waals surface area contributed by atoms with Crippen LogP contribution in [0.1, 0.15) is 32.6 Å². The van der Waals surface area contributed by atoms with Crippen molar-refractivity contribution in [2.45, 2.75) is 37.8 Å². The van der Waals surface area contributed by atoms with Crippen LogP contribution in [0.25, 0.3) is 0 Å². The molecule has 4 heteroatoms. The van der Waals surface area contributed by atoms with Gasteiger partial charge < -0.3 is 0 Å². The Hall–Kier alpha value is -0.546. The Kier molecular flexibility index (Phi) is 7.74. The first kappa shape index (κ1) is 17.8. The summed E-state index contributed by atoms with van der Waals surface area (Å²) in [6.45, 7) is 2.28. The summed E-state index contributed by atoms with van der Waals surface area (Å²) in [5, 5.41) is 5.74. The highest BCUT2D eigenvalue weighted by atomic mass is 35.5. The molecule has 2 rings (SSSR count). The molecule has 0 amide bonds. The Bertz CT molecular complexity index is 505. The minimum atomic E-state index is -0.225. The molecule has 0 N–H and O–H groups in total. The van der Waals surface area contributed by atoms with Crippen molar-refractivity contribution in [3.8, 4) is 0 Å². The molecular formula is C18H24Cl2Si2. The first-order valence-corrected chi connectivity index (χ1v) is 12.0. The molecule has 22 heavy (non-hydrogen) atoms. The normalized spacial score (nSPS) is 13.4. The molecule has 0 aliphatic heterocycles. The summed E-state index contributed by atoms with van der Waals surface area (Å²) in [6.07, 6.45) is 5.44. The molecule has 0 aliphatic rings. The lowest BCUT2D eigenvalue weighted by molar-refractivity contribution is 0.687. The SMILES string of the molecule is CCCCCC([SiH2]c1ccc(Cl)cc1)[SiH2]c1ccc(Cl)cc1. The molecule has 0 saturated heterocycles. The zero-order valence-electron chi connectivity index (χ0n) is 13.2. The minimum Gasteiger partial charge on any atom is -0.0843 e. The molecule has 2 aromatic carbocycles. The summed E-state index contributed by atoms with van der Waals surface area (Å²) in [7, 11) is -0.450. The number of benzene rings is 2. The molecule has 0 radical (unpaired) electrons. The Labute approximate surface area is 148 Å². The summed E-state index contributed by atoms with van der Waals surface area (Å²) in [5.74, 6) is 0. The lowest BCUT2D eigenvalue weighted by Gasteiger charge is -2.16. The first-order chi connectivity index (χ1) is 10.7. The van der Waals surface area contributed by atoms with E-state index in [1.54, 1.807) is 10.4 Å². The third kappa shape index (κ3) is 6.29. The van der Waals surface area contributed by atoms with Gasteiger partial charge in [0.05, 0.1) is 19.0 Å². The summed E-state index contributed by atoms with van der Waals surface area (Å²) < 4.78 is 0. The Morgan fingerprint density at radius 1 is 0.773 bits per heavy atom. The lowest BCUT2D eigenvalue weighted by Crippen LogP contribution is -2.29. The molecule has 0 fully saturated rings. The van der Waals surface area contributed by atoms with Crippen LogP contribution in [-0.2, 0) is 0 Å². The van der Waals surface area contributed by atoms with Crippen molar-refractivity contribution < 1.29 is 0 Å². The number of unbranched alkanes of at least 4 members (excludes halogenated alkanes) is 2. The molecule has 0 bridgehead atoms. The second-order valence-corrected chi connectivity index (χ2v) is 12.8. The quantitative estimate of drug-likeness (QED) is 0.494. The number of hydrogen-bond acceptors (Lipinski definition) is 0. The molecule has 0 spiro atoms. The zero-order valence-corrected chi connectivity index (χ0v) is 17.5. The number of halogens is 2. The first-order valence-electron chi connectivity index (χ1n) is 8.16. The Balaban J connectivity index is 2.01. The van der Waals surface area contributed by atoms with E-state index in [9.17, 15) is 0 Å². The van der Waals surface area contributed by atoms with Gasteiger partial charge in [-0.1, -0.05) is 95.6 Å².